The van der Waals surface area contributed by atoms with Crippen molar-refractivity contribution >= 4 is 33.2 Å². The van der Waals surface area contributed by atoms with Crippen LogP contribution in [0.25, 0.3) is 0 Å². The van der Waals surface area contributed by atoms with Gasteiger partial charge in [-0.05, 0) is 31.5 Å². The Morgan fingerprint density at radius 2 is 2.22 bits per heavy atom. The molecule has 0 radical (unpaired) electrons. The highest BCUT2D eigenvalue weighted by molar-refractivity contribution is 9.10. The largest absolute Gasteiger partial charge is 0.380 e. The Kier molecular flexibility index (Phi) is 4.25. The molecule has 0 amide bonds. The summed E-state index contributed by atoms with van der Waals surface area (Å²) in [5.41, 5.74) is 1.14. The molecular weight excluding hydrogens is 314 g/mol. The third-order valence-corrected chi connectivity index (χ3v) is 4.61. The van der Waals surface area contributed by atoms with Gasteiger partial charge in [-0.2, -0.15) is 0 Å². The van der Waals surface area contributed by atoms with Gasteiger partial charge in [0.1, 0.15) is 0 Å². The number of halogens is 2. The van der Waals surface area contributed by atoms with Crippen molar-refractivity contribution in [3.05, 3.63) is 27.7 Å². The Balaban J connectivity index is 2.03. The summed E-state index contributed by atoms with van der Waals surface area (Å²) in [7, 11) is 0. The number of nitrogens with one attached hydrogen (secondary N) is 1. The fraction of sp³-hybridized carbons (Fsp3) is 0.571. The van der Waals surface area contributed by atoms with E-state index < -0.39 is 0 Å². The highest BCUT2D eigenvalue weighted by Crippen LogP contribution is 2.45. The van der Waals surface area contributed by atoms with Crippen LogP contribution in [0, 0.1) is 5.41 Å². The number of benzene rings is 1. The van der Waals surface area contributed by atoms with Crippen molar-refractivity contribution in [1.82, 2.24) is 0 Å². The molecule has 0 bridgehead atoms. The van der Waals surface area contributed by atoms with Crippen molar-refractivity contribution in [3.63, 3.8) is 0 Å². The van der Waals surface area contributed by atoms with Crippen molar-refractivity contribution in [2.24, 2.45) is 5.41 Å². The van der Waals surface area contributed by atoms with E-state index in [-0.39, 0.29) is 5.41 Å². The van der Waals surface area contributed by atoms with Gasteiger partial charge in [-0.15, -0.1) is 0 Å². The molecule has 1 saturated carbocycles. The number of hydrogen-bond donors (Lipinski definition) is 1. The van der Waals surface area contributed by atoms with E-state index in [9.17, 15) is 0 Å². The minimum atomic E-state index is 0.145. The summed E-state index contributed by atoms with van der Waals surface area (Å²) < 4.78 is 6.73. The molecule has 0 aromatic heterocycles. The second-order valence-electron chi connectivity index (χ2n) is 5.32. The lowest BCUT2D eigenvalue weighted by Gasteiger charge is -2.52. The molecule has 2 nitrogen and oxygen atoms in total. The van der Waals surface area contributed by atoms with Gasteiger partial charge in [-0.25, -0.2) is 0 Å². The van der Waals surface area contributed by atoms with Crippen LogP contribution >= 0.6 is 27.5 Å². The van der Waals surface area contributed by atoms with Crippen LogP contribution in [0.5, 0.6) is 0 Å². The first kappa shape index (κ1) is 14.2. The van der Waals surface area contributed by atoms with Crippen LogP contribution in [0.15, 0.2) is 22.7 Å². The Morgan fingerprint density at radius 3 is 2.78 bits per heavy atom. The predicted molar refractivity (Wildman–Crippen MR) is 80.4 cm³/mol. The molecule has 0 aliphatic heterocycles. The van der Waals surface area contributed by atoms with Gasteiger partial charge in [0, 0.05) is 22.5 Å². The van der Waals surface area contributed by atoms with E-state index >= 15 is 0 Å². The van der Waals surface area contributed by atoms with Crippen molar-refractivity contribution in [2.45, 2.75) is 39.3 Å². The quantitative estimate of drug-likeness (QED) is 0.861. The monoisotopic (exact) mass is 331 g/mol. The molecule has 18 heavy (non-hydrogen) atoms. The lowest BCUT2D eigenvalue weighted by molar-refractivity contribution is -0.0975. The maximum atomic E-state index is 6.22. The molecule has 1 N–H and O–H groups in total. The van der Waals surface area contributed by atoms with Crippen molar-refractivity contribution < 1.29 is 4.74 Å². The third kappa shape index (κ3) is 2.68. The summed E-state index contributed by atoms with van der Waals surface area (Å²) in [4.78, 5) is 0. The molecule has 1 aromatic carbocycles. The molecule has 100 valence electrons. The Morgan fingerprint density at radius 1 is 1.50 bits per heavy atom. The topological polar surface area (TPSA) is 21.3 Å². The maximum absolute atomic E-state index is 6.22. The molecule has 1 aliphatic carbocycles. The van der Waals surface area contributed by atoms with E-state index in [0.29, 0.717) is 12.1 Å². The Hall–Kier alpha value is -0.250. The van der Waals surface area contributed by atoms with Crippen LogP contribution < -0.4 is 5.32 Å². The van der Waals surface area contributed by atoms with Gasteiger partial charge < -0.3 is 10.1 Å². The zero-order valence-electron chi connectivity index (χ0n) is 11.0. The van der Waals surface area contributed by atoms with E-state index in [2.05, 4.69) is 35.1 Å². The van der Waals surface area contributed by atoms with Crippen LogP contribution in [0.1, 0.15) is 27.2 Å². The van der Waals surface area contributed by atoms with E-state index in [1.807, 2.05) is 25.1 Å². The summed E-state index contributed by atoms with van der Waals surface area (Å²) in [5.74, 6) is 0. The Labute approximate surface area is 122 Å². The number of rotatable bonds is 4. The molecule has 2 unspecified atom stereocenters. The summed E-state index contributed by atoms with van der Waals surface area (Å²) in [6, 6.07) is 6.33. The highest BCUT2D eigenvalue weighted by atomic mass is 79.9. The van der Waals surface area contributed by atoms with Crippen LogP contribution in [-0.4, -0.2) is 18.8 Å². The highest BCUT2D eigenvalue weighted by Gasteiger charge is 2.48. The molecular formula is C14H19BrClNO. The molecule has 0 saturated heterocycles. The number of anilines is 1. The van der Waals surface area contributed by atoms with E-state index in [4.69, 9.17) is 16.3 Å². The maximum Gasteiger partial charge on any atom is 0.0665 e. The molecule has 4 heteroatoms. The van der Waals surface area contributed by atoms with Crippen LogP contribution in [0.3, 0.4) is 0 Å². The van der Waals surface area contributed by atoms with Crippen molar-refractivity contribution in [2.75, 3.05) is 11.9 Å². The summed E-state index contributed by atoms with van der Waals surface area (Å²) in [6.45, 7) is 7.30. The van der Waals surface area contributed by atoms with Gasteiger partial charge in [0.2, 0.25) is 0 Å². The average molecular weight is 333 g/mol. The minimum Gasteiger partial charge on any atom is -0.380 e. The summed E-state index contributed by atoms with van der Waals surface area (Å²) in [6.07, 6.45) is 1.38. The normalized spacial score (nSPS) is 25.6. The summed E-state index contributed by atoms with van der Waals surface area (Å²) >= 11 is 9.64. The minimum absolute atomic E-state index is 0.145. The number of ether oxygens (including phenoxy) is 1. The zero-order valence-corrected chi connectivity index (χ0v) is 13.3. The first-order chi connectivity index (χ1) is 8.45. The molecule has 0 heterocycles. The van der Waals surface area contributed by atoms with Gasteiger partial charge in [0.05, 0.1) is 16.8 Å². The van der Waals surface area contributed by atoms with E-state index in [0.717, 1.165) is 28.2 Å². The lowest BCUT2D eigenvalue weighted by atomic mass is 9.64. The molecule has 0 spiro atoms. The van der Waals surface area contributed by atoms with E-state index in [1.165, 1.54) is 0 Å². The van der Waals surface area contributed by atoms with Gasteiger partial charge in [0.25, 0.3) is 0 Å². The standard InChI is InChI=1S/C14H19BrClNO/c1-4-18-13-8-12(14(13,2)3)17-11-6-5-9(15)7-10(11)16/h5-7,12-13,17H,4,8H2,1-3H3. The van der Waals surface area contributed by atoms with Crippen LogP contribution in [-0.2, 0) is 4.74 Å². The lowest BCUT2D eigenvalue weighted by Crippen LogP contribution is -2.58. The van der Waals surface area contributed by atoms with Crippen molar-refractivity contribution in [1.29, 1.82) is 0 Å². The molecule has 2 atom stereocenters. The fourth-order valence-electron chi connectivity index (χ4n) is 2.41. The van der Waals surface area contributed by atoms with Gasteiger partial charge in [-0.1, -0.05) is 41.4 Å². The molecule has 1 aliphatic rings. The summed E-state index contributed by atoms with van der Waals surface area (Å²) in [5, 5.41) is 4.27. The zero-order chi connectivity index (χ0) is 13.3. The van der Waals surface area contributed by atoms with Crippen molar-refractivity contribution in [3.8, 4) is 0 Å². The van der Waals surface area contributed by atoms with E-state index in [1.54, 1.807) is 0 Å². The van der Waals surface area contributed by atoms with Crippen LogP contribution in [0.4, 0.5) is 5.69 Å². The first-order valence-corrected chi connectivity index (χ1v) is 7.45. The first-order valence-electron chi connectivity index (χ1n) is 6.28. The van der Waals surface area contributed by atoms with Gasteiger partial charge in [-0.3, -0.25) is 0 Å². The Bertz CT molecular complexity index is 436. The van der Waals surface area contributed by atoms with Crippen LogP contribution in [0.2, 0.25) is 5.02 Å². The van der Waals surface area contributed by atoms with Gasteiger partial charge in [0.15, 0.2) is 0 Å². The molecule has 2 rings (SSSR count). The smallest absolute Gasteiger partial charge is 0.0665 e. The fourth-order valence-corrected chi connectivity index (χ4v) is 3.14. The molecule has 1 fully saturated rings. The predicted octanol–water partition coefficient (Wildman–Crippen LogP) is 4.72. The average Bonchev–Trinajstić information content (AvgIpc) is 2.30. The second-order valence-corrected chi connectivity index (χ2v) is 6.65. The number of hydrogen-bond acceptors (Lipinski definition) is 2. The van der Waals surface area contributed by atoms with Gasteiger partial charge >= 0.3 is 0 Å². The SMILES string of the molecule is CCOC1CC(Nc2ccc(Br)cc2Cl)C1(C)C. The second kappa shape index (κ2) is 5.40. The molecule has 1 aromatic rings. The third-order valence-electron chi connectivity index (χ3n) is 3.81.